The number of hydrogen-bond donors (Lipinski definition) is 3. The SMILES string of the molecule is CC(C)Oc1ccc2c(O[C@@H]3C[C@H]4C(=O)N[C@]5(C(=O)NS(=O)(=O)C6(C)CC6)C[C@H]5/C=C\CC[C@@H](C)C[C@@H](C)[C@H](NC(=O)OC(C)(C)C(F)(F)F)C(=O)N4C3)nccc2c1.[HH].[HH].[HH]. The molecule has 7 atom stereocenters. The minimum absolute atomic E-state index is 0. The van der Waals surface area contributed by atoms with Crippen molar-refractivity contribution in [1.82, 2.24) is 25.2 Å². The fourth-order valence-corrected chi connectivity index (χ4v) is 9.08. The lowest BCUT2D eigenvalue weighted by Crippen LogP contribution is -2.59. The molecule has 59 heavy (non-hydrogen) atoms. The maximum absolute atomic E-state index is 14.8. The summed E-state index contributed by atoms with van der Waals surface area (Å²) >= 11 is 0. The number of hydrogen-bond acceptors (Lipinski definition) is 10. The zero-order valence-corrected chi connectivity index (χ0v) is 35.2. The highest BCUT2D eigenvalue weighted by Gasteiger charge is 2.63. The molecule has 3 fully saturated rings. The maximum atomic E-state index is 14.8. The lowest BCUT2D eigenvalue weighted by atomic mass is 9.88. The Morgan fingerprint density at radius 3 is 2.47 bits per heavy atom. The van der Waals surface area contributed by atoms with Gasteiger partial charge < -0.3 is 29.7 Å². The van der Waals surface area contributed by atoms with E-state index in [2.05, 4.69) is 20.3 Å². The Kier molecular flexibility index (Phi) is 12.0. The predicted molar refractivity (Wildman–Crippen MR) is 217 cm³/mol. The van der Waals surface area contributed by atoms with E-state index in [4.69, 9.17) is 14.2 Å². The Hall–Kier alpha value is -4.61. The van der Waals surface area contributed by atoms with Crippen LogP contribution >= 0.6 is 0 Å². The number of nitrogens with zero attached hydrogens (tertiary/aromatic N) is 2. The molecular weight excluding hydrogens is 796 g/mol. The number of alkyl halides is 3. The first-order chi connectivity index (χ1) is 27.4. The molecule has 0 unspecified atom stereocenters. The van der Waals surface area contributed by atoms with E-state index in [0.717, 1.165) is 5.39 Å². The Morgan fingerprint density at radius 1 is 1.10 bits per heavy atom. The smallest absolute Gasteiger partial charge is 0.427 e. The number of nitrogens with one attached hydrogen (secondary N) is 3. The van der Waals surface area contributed by atoms with Crippen molar-refractivity contribution in [3.8, 4) is 11.6 Å². The van der Waals surface area contributed by atoms with Gasteiger partial charge in [0.2, 0.25) is 33.3 Å². The summed E-state index contributed by atoms with van der Waals surface area (Å²) in [6.07, 6.45) is 0.157. The number of sulfonamides is 1. The molecule has 2 aromatic rings. The van der Waals surface area contributed by atoms with Gasteiger partial charge in [0.15, 0.2) is 0 Å². The highest BCUT2D eigenvalue weighted by atomic mass is 32.2. The second kappa shape index (κ2) is 16.1. The summed E-state index contributed by atoms with van der Waals surface area (Å²) < 4.78 is 85.8. The summed E-state index contributed by atoms with van der Waals surface area (Å²) in [5, 5.41) is 6.56. The van der Waals surface area contributed by atoms with Crippen LogP contribution in [-0.2, 0) is 29.1 Å². The van der Waals surface area contributed by atoms with Crippen molar-refractivity contribution in [3.05, 3.63) is 42.6 Å². The zero-order chi connectivity index (χ0) is 43.3. The van der Waals surface area contributed by atoms with E-state index in [1.54, 1.807) is 37.4 Å². The van der Waals surface area contributed by atoms with Gasteiger partial charge in [-0.3, -0.25) is 19.1 Å². The number of aromatic nitrogens is 1. The quantitative estimate of drug-likeness (QED) is 0.238. The third-order valence-electron chi connectivity index (χ3n) is 11.9. The van der Waals surface area contributed by atoms with Crippen molar-refractivity contribution in [3.63, 3.8) is 0 Å². The van der Waals surface area contributed by atoms with Gasteiger partial charge in [-0.2, -0.15) is 13.2 Å². The van der Waals surface area contributed by atoms with Crippen LogP contribution in [0.4, 0.5) is 18.0 Å². The number of allylic oxidation sites excluding steroid dienone is 1. The molecule has 6 rings (SSSR count). The van der Waals surface area contributed by atoms with Crippen LogP contribution in [0.5, 0.6) is 11.6 Å². The Labute approximate surface area is 346 Å². The first-order valence-corrected chi connectivity index (χ1v) is 21.6. The van der Waals surface area contributed by atoms with Gasteiger partial charge in [0, 0.05) is 28.2 Å². The highest BCUT2D eigenvalue weighted by molar-refractivity contribution is 7.91. The number of benzene rings is 1. The molecule has 2 saturated carbocycles. The van der Waals surface area contributed by atoms with Gasteiger partial charge in [-0.1, -0.05) is 26.0 Å². The Morgan fingerprint density at radius 2 is 1.81 bits per heavy atom. The van der Waals surface area contributed by atoms with Crippen LogP contribution in [0.25, 0.3) is 10.8 Å². The summed E-state index contributed by atoms with van der Waals surface area (Å²) in [6.45, 7) is 10.2. The fourth-order valence-electron chi connectivity index (χ4n) is 7.77. The average Bonchev–Trinajstić information content (AvgIpc) is 4.01. The summed E-state index contributed by atoms with van der Waals surface area (Å²) in [5.41, 5.74) is -4.53. The second-order valence-electron chi connectivity index (χ2n) is 17.6. The number of carbonyl (C=O) groups is 4. The molecule has 3 heterocycles. The number of alkyl carbamates (subject to hydrolysis) is 1. The topological polar surface area (TPSA) is 182 Å². The predicted octanol–water partition coefficient (Wildman–Crippen LogP) is 6.43. The summed E-state index contributed by atoms with van der Waals surface area (Å²) in [6, 6.07) is 4.39. The first-order valence-electron chi connectivity index (χ1n) is 20.1. The molecule has 0 bridgehead atoms. The van der Waals surface area contributed by atoms with Gasteiger partial charge in [0.05, 0.1) is 17.4 Å². The van der Waals surface area contributed by atoms with Gasteiger partial charge in [-0.15, -0.1) is 0 Å². The van der Waals surface area contributed by atoms with Crippen molar-refractivity contribution >= 4 is 44.6 Å². The molecule has 3 N–H and O–H groups in total. The Bertz CT molecular complexity index is 2130. The van der Waals surface area contributed by atoms with Gasteiger partial charge in [0.25, 0.3) is 5.91 Å². The van der Waals surface area contributed by atoms with E-state index in [1.165, 1.54) is 11.8 Å². The van der Waals surface area contributed by atoms with Crippen LogP contribution < -0.4 is 24.8 Å². The zero-order valence-electron chi connectivity index (χ0n) is 34.4. The number of fused-ring (bicyclic) bond motifs is 3. The van der Waals surface area contributed by atoms with Crippen LogP contribution in [0.2, 0.25) is 0 Å². The minimum atomic E-state index is -4.91. The molecule has 4 aliphatic rings. The van der Waals surface area contributed by atoms with E-state index in [1.807, 2.05) is 32.9 Å². The lowest BCUT2D eigenvalue weighted by Gasteiger charge is -2.34. The van der Waals surface area contributed by atoms with Gasteiger partial charge >= 0.3 is 12.3 Å². The molecule has 2 aliphatic heterocycles. The monoisotopic (exact) mass is 855 g/mol. The standard InChI is InChI=1S/C41H54F3N5O9S.3H2/c1-23(2)56-28-12-13-30-26(19-28)14-17-45-34(30)57-29-20-31-33(50)47-40(36(52)48-59(54,55)39(7)15-16-39)21-27(40)11-9-8-10-24(3)18-25(4)32(35(51)49(31)22-29)46-37(53)58-38(5,6)41(42,43)44;;;/h9,11-14,17,19,23-25,27,29,31-32H,8,10,15-16,18,20-22H2,1-7H3,(H,46,53)(H,47,50)(H,48,52);3*1H/b11-9-;;;/t24-,25-,27-,29-,31+,32+,40-;;;/m1.../s1. The third kappa shape index (κ3) is 9.41. The summed E-state index contributed by atoms with van der Waals surface area (Å²) in [5.74, 6) is -2.83. The van der Waals surface area contributed by atoms with Gasteiger partial charge in [-0.05, 0) is 115 Å². The number of carbonyl (C=O) groups excluding carboxylic acids is 4. The lowest BCUT2D eigenvalue weighted by molar-refractivity contribution is -0.244. The molecule has 18 heteroatoms. The fraction of sp³-hybridized carbons (Fsp3) is 0.634. The van der Waals surface area contributed by atoms with Crippen LogP contribution in [0.3, 0.4) is 0 Å². The van der Waals surface area contributed by atoms with Crippen LogP contribution in [-0.4, -0.2) is 95.0 Å². The molecule has 330 valence electrons. The number of pyridine rings is 1. The number of amides is 4. The number of halogens is 3. The normalized spacial score (nSPS) is 29.2. The van der Waals surface area contributed by atoms with E-state index < -0.39 is 85.9 Å². The molecular formula is C41H60F3N5O9S. The van der Waals surface area contributed by atoms with Crippen molar-refractivity contribution in [1.29, 1.82) is 0 Å². The van der Waals surface area contributed by atoms with E-state index in [0.29, 0.717) is 57.1 Å². The first kappa shape index (κ1) is 44.0. The molecule has 4 amide bonds. The van der Waals surface area contributed by atoms with Crippen molar-refractivity contribution in [2.75, 3.05) is 6.54 Å². The molecule has 0 spiro atoms. The van der Waals surface area contributed by atoms with E-state index in [9.17, 15) is 40.8 Å². The van der Waals surface area contributed by atoms with Crippen LogP contribution in [0.1, 0.15) is 97.7 Å². The van der Waals surface area contributed by atoms with Crippen molar-refractivity contribution in [2.24, 2.45) is 17.8 Å². The minimum Gasteiger partial charge on any atom is -0.491 e. The third-order valence-corrected chi connectivity index (χ3v) is 14.1. The van der Waals surface area contributed by atoms with E-state index >= 15 is 0 Å². The van der Waals surface area contributed by atoms with Crippen molar-refractivity contribution < 1.29 is 59.3 Å². The maximum Gasteiger partial charge on any atom is 0.427 e. The molecule has 1 saturated heterocycles. The van der Waals surface area contributed by atoms with Gasteiger partial charge in [0.1, 0.15) is 29.5 Å². The van der Waals surface area contributed by atoms with Crippen molar-refractivity contribution in [2.45, 2.75) is 140 Å². The van der Waals surface area contributed by atoms with Gasteiger partial charge in [-0.25, -0.2) is 18.2 Å². The molecule has 2 aliphatic carbocycles. The molecule has 1 aromatic carbocycles. The average molecular weight is 856 g/mol. The summed E-state index contributed by atoms with van der Waals surface area (Å²) in [7, 11) is -4.08. The molecule has 0 radical (unpaired) electrons. The largest absolute Gasteiger partial charge is 0.491 e. The van der Waals surface area contributed by atoms with Crippen LogP contribution in [0, 0.1) is 17.8 Å². The summed E-state index contributed by atoms with van der Waals surface area (Å²) in [4.78, 5) is 62.0. The second-order valence-corrected chi connectivity index (χ2v) is 19.8. The Balaban J connectivity index is 0.00000341. The molecule has 1 aromatic heterocycles. The highest BCUT2D eigenvalue weighted by Crippen LogP contribution is 2.48. The number of rotatable bonds is 9. The number of ether oxygens (including phenoxy) is 3. The van der Waals surface area contributed by atoms with Crippen LogP contribution in [0.15, 0.2) is 42.6 Å². The molecule has 14 nitrogen and oxygen atoms in total. The van der Waals surface area contributed by atoms with E-state index in [-0.39, 0.29) is 41.6 Å².